The predicted molar refractivity (Wildman–Crippen MR) is 97.9 cm³/mol. The van der Waals surface area contributed by atoms with E-state index in [1.807, 2.05) is 0 Å². The van der Waals surface area contributed by atoms with Crippen molar-refractivity contribution in [3.8, 4) is 28.1 Å². The van der Waals surface area contributed by atoms with Crippen LogP contribution in [0.3, 0.4) is 0 Å². The lowest BCUT2D eigenvalue weighted by Crippen LogP contribution is -2.17. The molecule has 5 nitrogen and oxygen atoms in total. The minimum absolute atomic E-state index is 0.278. The molecule has 0 radical (unpaired) electrons. The lowest BCUT2D eigenvalue weighted by atomic mass is 9.96. The zero-order valence-electron chi connectivity index (χ0n) is 14.9. The molecule has 0 aliphatic carbocycles. The van der Waals surface area contributed by atoms with E-state index in [0.29, 0.717) is 22.4 Å². The summed E-state index contributed by atoms with van der Waals surface area (Å²) in [5.41, 5.74) is 2.15. The number of rotatable bonds is 4. The Morgan fingerprint density at radius 3 is 2.34 bits per heavy atom. The van der Waals surface area contributed by atoms with Crippen LogP contribution in [0, 0.1) is 12.7 Å². The van der Waals surface area contributed by atoms with Crippen LogP contribution >= 0.6 is 0 Å². The van der Waals surface area contributed by atoms with E-state index < -0.39 is 27.1 Å². The molecule has 0 saturated carbocycles. The van der Waals surface area contributed by atoms with Gasteiger partial charge in [-0.05, 0) is 48.4 Å². The maximum atomic E-state index is 14.2. The SMILES string of the molecule is Cc1cc(OC(F)(F)F)ccc1-c1cccnc1-c1ccc(S(N)(=O)=O)c(F)c1. The van der Waals surface area contributed by atoms with Gasteiger partial charge < -0.3 is 4.74 Å². The van der Waals surface area contributed by atoms with Gasteiger partial charge in [-0.15, -0.1) is 13.2 Å². The minimum atomic E-state index is -4.81. The fourth-order valence-corrected chi connectivity index (χ4v) is 3.46. The molecule has 3 rings (SSSR count). The summed E-state index contributed by atoms with van der Waals surface area (Å²) < 4.78 is 78.2. The van der Waals surface area contributed by atoms with Gasteiger partial charge in [0.25, 0.3) is 0 Å². The molecule has 29 heavy (non-hydrogen) atoms. The lowest BCUT2D eigenvalue weighted by molar-refractivity contribution is -0.274. The first-order chi connectivity index (χ1) is 13.5. The van der Waals surface area contributed by atoms with Crippen molar-refractivity contribution in [1.82, 2.24) is 4.98 Å². The molecule has 0 bridgehead atoms. The smallest absolute Gasteiger partial charge is 0.406 e. The molecule has 1 aromatic heterocycles. The van der Waals surface area contributed by atoms with Gasteiger partial charge in [0.2, 0.25) is 10.0 Å². The summed E-state index contributed by atoms with van der Waals surface area (Å²) in [7, 11) is -4.22. The highest BCUT2D eigenvalue weighted by Crippen LogP contribution is 2.35. The van der Waals surface area contributed by atoms with Gasteiger partial charge in [-0.25, -0.2) is 17.9 Å². The number of primary sulfonamides is 1. The lowest BCUT2D eigenvalue weighted by Gasteiger charge is -2.14. The molecule has 0 fully saturated rings. The number of benzene rings is 2. The second-order valence-electron chi connectivity index (χ2n) is 6.11. The number of aryl methyl sites for hydroxylation is 1. The highest BCUT2D eigenvalue weighted by molar-refractivity contribution is 7.89. The second kappa shape index (κ2) is 7.45. The fraction of sp³-hybridized carbons (Fsp3) is 0.105. The van der Waals surface area contributed by atoms with Crippen molar-refractivity contribution in [3.63, 3.8) is 0 Å². The Bertz CT molecular complexity index is 1180. The Kier molecular flexibility index (Phi) is 5.33. The van der Waals surface area contributed by atoms with Gasteiger partial charge in [0.1, 0.15) is 16.5 Å². The molecule has 10 heteroatoms. The van der Waals surface area contributed by atoms with E-state index in [1.54, 1.807) is 19.1 Å². The number of nitrogens with zero attached hydrogens (tertiary/aromatic N) is 1. The van der Waals surface area contributed by atoms with Crippen LogP contribution in [-0.4, -0.2) is 19.8 Å². The summed E-state index contributed by atoms with van der Waals surface area (Å²) in [4.78, 5) is 3.57. The van der Waals surface area contributed by atoms with Crippen molar-refractivity contribution in [2.75, 3.05) is 0 Å². The molecule has 152 valence electrons. The molecule has 2 aromatic carbocycles. The molecule has 2 N–H and O–H groups in total. The van der Waals surface area contributed by atoms with Crippen LogP contribution in [0.2, 0.25) is 0 Å². The third-order valence-corrected chi connectivity index (χ3v) is 4.99. The first kappa shape index (κ1) is 20.7. The molecule has 0 atom stereocenters. The summed E-state index contributed by atoms with van der Waals surface area (Å²) in [6, 6.07) is 10.5. The first-order valence-corrected chi connectivity index (χ1v) is 9.65. The summed E-state index contributed by atoms with van der Waals surface area (Å²) in [6.45, 7) is 1.60. The van der Waals surface area contributed by atoms with Crippen molar-refractivity contribution in [2.24, 2.45) is 5.14 Å². The molecule has 0 aliphatic rings. The molecule has 0 aliphatic heterocycles. The Labute approximate surface area is 163 Å². The van der Waals surface area contributed by atoms with E-state index in [-0.39, 0.29) is 11.3 Å². The van der Waals surface area contributed by atoms with Gasteiger partial charge in [0.15, 0.2) is 0 Å². The van der Waals surface area contributed by atoms with Crippen LogP contribution in [0.5, 0.6) is 5.75 Å². The van der Waals surface area contributed by atoms with E-state index in [2.05, 4.69) is 9.72 Å². The molecule has 1 heterocycles. The third kappa shape index (κ3) is 4.72. The number of alkyl halides is 3. The molecular weight excluding hydrogens is 412 g/mol. The first-order valence-electron chi connectivity index (χ1n) is 8.10. The van der Waals surface area contributed by atoms with Gasteiger partial charge in [0, 0.05) is 17.3 Å². The van der Waals surface area contributed by atoms with Gasteiger partial charge in [-0.2, -0.15) is 0 Å². The standard InChI is InChI=1S/C19H14F4N2O3S/c1-11-9-13(28-19(21,22)23)5-6-14(11)15-3-2-8-25-18(15)12-4-7-17(16(20)10-12)29(24,26)27/h2-10H,1H3,(H2,24,26,27). The van der Waals surface area contributed by atoms with Gasteiger partial charge in [-0.1, -0.05) is 18.2 Å². The topological polar surface area (TPSA) is 82.3 Å². The maximum Gasteiger partial charge on any atom is 0.573 e. The normalized spacial score (nSPS) is 12.1. The van der Waals surface area contributed by atoms with E-state index >= 15 is 0 Å². The number of sulfonamides is 1. The van der Waals surface area contributed by atoms with Crippen molar-refractivity contribution in [3.05, 3.63) is 66.1 Å². The van der Waals surface area contributed by atoms with Crippen molar-refractivity contribution >= 4 is 10.0 Å². The van der Waals surface area contributed by atoms with E-state index in [4.69, 9.17) is 5.14 Å². The van der Waals surface area contributed by atoms with E-state index in [0.717, 1.165) is 18.2 Å². The number of hydrogen-bond acceptors (Lipinski definition) is 4. The fourth-order valence-electron chi connectivity index (χ4n) is 2.87. The van der Waals surface area contributed by atoms with Crippen LogP contribution in [0.25, 0.3) is 22.4 Å². The van der Waals surface area contributed by atoms with Gasteiger partial charge in [0.05, 0.1) is 5.69 Å². The largest absolute Gasteiger partial charge is 0.573 e. The van der Waals surface area contributed by atoms with Gasteiger partial charge in [-0.3, -0.25) is 4.98 Å². The van der Waals surface area contributed by atoms with E-state index in [9.17, 15) is 26.0 Å². The van der Waals surface area contributed by atoms with Crippen LogP contribution in [0.15, 0.2) is 59.6 Å². The van der Waals surface area contributed by atoms with Crippen LogP contribution in [-0.2, 0) is 10.0 Å². The maximum absolute atomic E-state index is 14.2. The monoisotopic (exact) mass is 426 g/mol. The van der Waals surface area contributed by atoms with Crippen LogP contribution < -0.4 is 9.88 Å². The minimum Gasteiger partial charge on any atom is -0.406 e. The summed E-state index contributed by atoms with van der Waals surface area (Å²) in [5, 5.41) is 4.97. The van der Waals surface area contributed by atoms with Crippen molar-refractivity contribution < 1.29 is 30.7 Å². The predicted octanol–water partition coefficient (Wildman–Crippen LogP) is 4.41. The second-order valence-corrected chi connectivity index (χ2v) is 7.64. The van der Waals surface area contributed by atoms with Crippen molar-refractivity contribution in [2.45, 2.75) is 18.2 Å². The Morgan fingerprint density at radius 2 is 1.76 bits per heavy atom. The highest BCUT2D eigenvalue weighted by atomic mass is 32.2. The van der Waals surface area contributed by atoms with Crippen molar-refractivity contribution in [1.29, 1.82) is 0 Å². The number of halogens is 4. The summed E-state index contributed by atoms with van der Waals surface area (Å²) >= 11 is 0. The quantitative estimate of drug-likeness (QED) is 0.627. The zero-order valence-corrected chi connectivity index (χ0v) is 15.7. The number of aromatic nitrogens is 1. The number of hydrogen-bond donors (Lipinski definition) is 1. The molecule has 3 aromatic rings. The Balaban J connectivity index is 2.08. The molecular formula is C19H14F4N2O3S. The highest BCUT2D eigenvalue weighted by Gasteiger charge is 2.31. The van der Waals surface area contributed by atoms with Crippen LogP contribution in [0.1, 0.15) is 5.56 Å². The molecule has 0 amide bonds. The number of nitrogens with two attached hydrogens (primary N) is 1. The third-order valence-electron chi connectivity index (χ3n) is 4.04. The molecule has 0 unspecified atom stereocenters. The summed E-state index contributed by atoms with van der Waals surface area (Å²) in [5.74, 6) is -1.40. The average molecular weight is 426 g/mol. The number of pyridine rings is 1. The van der Waals surface area contributed by atoms with E-state index in [1.165, 1.54) is 24.4 Å². The summed E-state index contributed by atoms with van der Waals surface area (Å²) in [6.07, 6.45) is -3.35. The molecule has 0 spiro atoms. The average Bonchev–Trinajstić information content (AvgIpc) is 2.59. The Hall–Kier alpha value is -2.98. The van der Waals surface area contributed by atoms with Crippen LogP contribution in [0.4, 0.5) is 17.6 Å². The van der Waals surface area contributed by atoms with Gasteiger partial charge >= 0.3 is 6.36 Å². The zero-order chi connectivity index (χ0) is 21.4. The number of ether oxygens (including phenoxy) is 1. The Morgan fingerprint density at radius 1 is 1.03 bits per heavy atom. The molecule has 0 saturated heterocycles.